The quantitative estimate of drug-likeness (QED) is 0.703. The normalized spacial score (nSPS) is 26.0. The van der Waals surface area contributed by atoms with E-state index in [0.29, 0.717) is 0 Å². The number of ether oxygens (including phenoxy) is 2. The predicted molar refractivity (Wildman–Crippen MR) is 97.6 cm³/mol. The fraction of sp³-hybridized carbons (Fsp3) is 0.421. The molecule has 0 bridgehead atoms. The molecule has 0 saturated carbocycles. The highest BCUT2D eigenvalue weighted by Crippen LogP contribution is 2.54. The van der Waals surface area contributed by atoms with Crippen LogP contribution in [0.1, 0.15) is 25.3 Å². The van der Waals surface area contributed by atoms with Crippen LogP contribution in [0.5, 0.6) is 5.75 Å². The second-order valence-electron chi connectivity index (χ2n) is 7.23. The fourth-order valence-electron chi connectivity index (χ4n) is 3.67. The van der Waals surface area contributed by atoms with Crippen LogP contribution in [0.15, 0.2) is 29.3 Å². The molecule has 2 heterocycles. The highest BCUT2D eigenvalue weighted by Gasteiger charge is 2.65. The van der Waals surface area contributed by atoms with Gasteiger partial charge in [-0.2, -0.15) is 17.6 Å². The molecule has 2 N–H and O–H groups in total. The lowest BCUT2D eigenvalue weighted by Gasteiger charge is -2.32. The van der Waals surface area contributed by atoms with E-state index < -0.39 is 58.6 Å². The van der Waals surface area contributed by atoms with E-state index in [0.717, 1.165) is 38.6 Å². The molecule has 0 spiro atoms. The molecular formula is C19H18F5N3O4. The molecule has 7 nitrogen and oxygen atoms in total. The Morgan fingerprint density at radius 1 is 1.32 bits per heavy atom. The molecule has 12 heteroatoms. The van der Waals surface area contributed by atoms with E-state index in [1.54, 1.807) is 0 Å². The van der Waals surface area contributed by atoms with E-state index in [9.17, 15) is 31.5 Å². The van der Waals surface area contributed by atoms with Crippen LogP contribution >= 0.6 is 0 Å². The van der Waals surface area contributed by atoms with Crippen LogP contribution in [0.2, 0.25) is 0 Å². The summed E-state index contributed by atoms with van der Waals surface area (Å²) in [5.41, 5.74) is -3.55. The number of nitrogens with one attached hydrogen (secondary N) is 2. The summed E-state index contributed by atoms with van der Waals surface area (Å²) < 4.78 is 79.6. The van der Waals surface area contributed by atoms with Crippen LogP contribution in [0.4, 0.5) is 27.8 Å². The Morgan fingerprint density at radius 3 is 2.58 bits per heavy atom. The highest BCUT2D eigenvalue weighted by atomic mass is 19.4. The molecule has 0 radical (unpaired) electrons. The summed E-state index contributed by atoms with van der Waals surface area (Å²) in [6, 6.07) is 2.71. The van der Waals surface area contributed by atoms with Crippen molar-refractivity contribution < 1.29 is 36.2 Å². The van der Waals surface area contributed by atoms with Crippen LogP contribution in [-0.4, -0.2) is 40.9 Å². The lowest BCUT2D eigenvalue weighted by atomic mass is 9.77. The minimum Gasteiger partial charge on any atom is -0.493 e. The zero-order valence-electron chi connectivity index (χ0n) is 16.5. The molecule has 1 fully saturated rings. The molecule has 0 aliphatic carbocycles. The lowest BCUT2D eigenvalue weighted by Crippen LogP contribution is -2.47. The van der Waals surface area contributed by atoms with Crippen molar-refractivity contribution in [2.75, 3.05) is 12.4 Å². The molecule has 4 atom stereocenters. The van der Waals surface area contributed by atoms with Crippen LogP contribution in [0.25, 0.3) is 0 Å². The van der Waals surface area contributed by atoms with Gasteiger partial charge in [0.2, 0.25) is 5.82 Å². The third-order valence-corrected chi connectivity index (χ3v) is 5.50. The summed E-state index contributed by atoms with van der Waals surface area (Å²) in [5.74, 6) is -7.31. The first-order valence-electron chi connectivity index (χ1n) is 9.02. The Bertz CT molecular complexity index is 1060. The van der Waals surface area contributed by atoms with E-state index in [-0.39, 0.29) is 11.4 Å². The summed E-state index contributed by atoms with van der Waals surface area (Å²) in [4.78, 5) is 30.2. The minimum absolute atomic E-state index is 0.166. The molecule has 2 aromatic rings. The van der Waals surface area contributed by atoms with Crippen LogP contribution in [-0.2, 0) is 9.53 Å². The zero-order valence-corrected chi connectivity index (χ0v) is 16.5. The van der Waals surface area contributed by atoms with Crippen molar-refractivity contribution in [3.63, 3.8) is 0 Å². The van der Waals surface area contributed by atoms with E-state index >= 15 is 0 Å². The van der Waals surface area contributed by atoms with Gasteiger partial charge in [0, 0.05) is 23.5 Å². The molecule has 168 valence electrons. The summed E-state index contributed by atoms with van der Waals surface area (Å²) in [7, 11) is 1.03. The first-order chi connectivity index (χ1) is 14.4. The summed E-state index contributed by atoms with van der Waals surface area (Å²) in [5, 5.41) is 2.23. The summed E-state index contributed by atoms with van der Waals surface area (Å²) >= 11 is 0. The number of carbonyl (C=O) groups is 1. The standard InChI is InChI=1S/C19H18F5N3O4/c1-8-13(9-4-5-10(20)14(21)15(9)30-3)16(31-18(8,2)19(22,23)24)17(29)27-11-6-12(28)26-7-25-11/h4-8,13,16H,1-3H3,(H2,25,26,27,28,29)/t8-,13-,16+,18+/m0/s1. The van der Waals surface area contributed by atoms with Crippen molar-refractivity contribution >= 4 is 11.7 Å². The van der Waals surface area contributed by atoms with Crippen molar-refractivity contribution in [1.29, 1.82) is 0 Å². The number of benzene rings is 1. The summed E-state index contributed by atoms with van der Waals surface area (Å²) in [6.07, 6.45) is -5.67. The molecule has 31 heavy (non-hydrogen) atoms. The van der Waals surface area contributed by atoms with Gasteiger partial charge in [-0.25, -0.2) is 9.37 Å². The van der Waals surface area contributed by atoms with Gasteiger partial charge in [0.15, 0.2) is 17.2 Å². The number of aromatic amines is 1. The third kappa shape index (κ3) is 3.87. The maximum absolute atomic E-state index is 14.3. The second kappa shape index (κ2) is 7.91. The van der Waals surface area contributed by atoms with Gasteiger partial charge in [-0.3, -0.25) is 9.59 Å². The topological polar surface area (TPSA) is 93.3 Å². The predicted octanol–water partition coefficient (Wildman–Crippen LogP) is 3.13. The van der Waals surface area contributed by atoms with Gasteiger partial charge in [-0.15, -0.1) is 0 Å². The van der Waals surface area contributed by atoms with Gasteiger partial charge in [0.1, 0.15) is 11.9 Å². The molecule has 3 rings (SSSR count). The van der Waals surface area contributed by atoms with Crippen molar-refractivity contribution in [1.82, 2.24) is 9.97 Å². The van der Waals surface area contributed by atoms with Crippen LogP contribution in [0.3, 0.4) is 0 Å². The molecule has 1 aliphatic heterocycles. The number of hydrogen-bond donors (Lipinski definition) is 2. The second-order valence-corrected chi connectivity index (χ2v) is 7.23. The Balaban J connectivity index is 2.10. The maximum Gasteiger partial charge on any atom is 0.417 e. The Labute approximate surface area is 172 Å². The monoisotopic (exact) mass is 447 g/mol. The largest absolute Gasteiger partial charge is 0.493 e. The highest BCUT2D eigenvalue weighted by molar-refractivity contribution is 5.94. The number of amides is 1. The Morgan fingerprint density at radius 2 is 2.00 bits per heavy atom. The number of H-pyrrole nitrogens is 1. The maximum atomic E-state index is 14.3. The number of carbonyl (C=O) groups excluding carboxylic acids is 1. The van der Waals surface area contributed by atoms with E-state index in [1.807, 2.05) is 0 Å². The molecule has 1 amide bonds. The minimum atomic E-state index is -4.88. The SMILES string of the molecule is COc1c([C@H]2[C@H](C(=O)Nc3cc(=O)[nH]cn3)O[C@@](C)(C(F)(F)F)[C@H]2C)ccc(F)c1F. The first kappa shape index (κ1) is 22.7. The van der Waals surface area contributed by atoms with Crippen LogP contribution in [0, 0.1) is 17.6 Å². The van der Waals surface area contributed by atoms with Crippen molar-refractivity contribution in [3.8, 4) is 5.75 Å². The van der Waals surface area contributed by atoms with Gasteiger partial charge in [-0.05, 0) is 13.0 Å². The third-order valence-electron chi connectivity index (χ3n) is 5.50. The number of hydrogen-bond acceptors (Lipinski definition) is 5. The Hall–Kier alpha value is -3.02. The first-order valence-corrected chi connectivity index (χ1v) is 9.02. The van der Waals surface area contributed by atoms with Crippen molar-refractivity contribution in [2.24, 2.45) is 5.92 Å². The number of rotatable bonds is 4. The molecule has 0 unspecified atom stereocenters. The fourth-order valence-corrected chi connectivity index (χ4v) is 3.67. The number of aromatic nitrogens is 2. The van der Waals surface area contributed by atoms with Gasteiger partial charge in [-0.1, -0.05) is 13.0 Å². The van der Waals surface area contributed by atoms with Gasteiger partial charge < -0.3 is 19.8 Å². The average Bonchev–Trinajstić information content (AvgIpc) is 2.96. The van der Waals surface area contributed by atoms with Gasteiger partial charge in [0.25, 0.3) is 11.5 Å². The number of nitrogens with zero attached hydrogens (tertiary/aromatic N) is 1. The number of methoxy groups -OCH3 is 1. The lowest BCUT2D eigenvalue weighted by molar-refractivity contribution is -0.272. The zero-order chi connectivity index (χ0) is 23.1. The van der Waals surface area contributed by atoms with Crippen molar-refractivity contribution in [2.45, 2.75) is 37.6 Å². The van der Waals surface area contributed by atoms with E-state index in [1.165, 1.54) is 6.92 Å². The van der Waals surface area contributed by atoms with E-state index in [2.05, 4.69) is 15.3 Å². The number of alkyl halides is 3. The Kier molecular flexibility index (Phi) is 5.78. The smallest absolute Gasteiger partial charge is 0.417 e. The number of halogens is 5. The van der Waals surface area contributed by atoms with Crippen molar-refractivity contribution in [3.05, 3.63) is 52.1 Å². The van der Waals surface area contributed by atoms with Gasteiger partial charge >= 0.3 is 6.18 Å². The molecule has 1 aromatic carbocycles. The molecule has 1 saturated heterocycles. The van der Waals surface area contributed by atoms with Gasteiger partial charge in [0.05, 0.1) is 13.4 Å². The number of anilines is 1. The van der Waals surface area contributed by atoms with Crippen LogP contribution < -0.4 is 15.6 Å². The average molecular weight is 447 g/mol. The molecular weight excluding hydrogens is 429 g/mol. The van der Waals surface area contributed by atoms with E-state index in [4.69, 9.17) is 9.47 Å². The molecule has 1 aliphatic rings. The molecule has 1 aromatic heterocycles. The summed E-state index contributed by atoms with van der Waals surface area (Å²) in [6.45, 7) is 1.97.